The molecule has 0 heterocycles. The fourth-order valence-electron chi connectivity index (χ4n) is 1.70. The van der Waals surface area contributed by atoms with Gasteiger partial charge in [-0.05, 0) is 17.9 Å². The summed E-state index contributed by atoms with van der Waals surface area (Å²) in [4.78, 5) is 11.8. The van der Waals surface area contributed by atoms with E-state index >= 15 is 0 Å². The van der Waals surface area contributed by atoms with E-state index in [1.807, 2.05) is 30.3 Å². The van der Waals surface area contributed by atoms with Crippen molar-refractivity contribution in [1.29, 1.82) is 0 Å². The van der Waals surface area contributed by atoms with Crippen LogP contribution in [0, 0.1) is 11.8 Å². The van der Waals surface area contributed by atoms with Crippen molar-refractivity contribution < 1.29 is 9.53 Å². The zero-order valence-corrected chi connectivity index (χ0v) is 10.6. The van der Waals surface area contributed by atoms with E-state index in [4.69, 9.17) is 10.5 Å². The third-order valence-electron chi connectivity index (χ3n) is 2.60. The number of hydrogen-bond donors (Lipinski definition) is 1. The molecular weight excluding hydrogens is 214 g/mol. The average molecular weight is 235 g/mol. The van der Waals surface area contributed by atoms with Crippen LogP contribution in [0.5, 0.6) is 0 Å². The van der Waals surface area contributed by atoms with Gasteiger partial charge in [0.2, 0.25) is 0 Å². The van der Waals surface area contributed by atoms with E-state index in [1.165, 1.54) is 0 Å². The molecule has 0 aliphatic carbocycles. The van der Waals surface area contributed by atoms with Crippen LogP contribution in [0.15, 0.2) is 30.3 Å². The molecule has 2 N–H and O–H groups in total. The van der Waals surface area contributed by atoms with Gasteiger partial charge in [-0.1, -0.05) is 44.2 Å². The Morgan fingerprint density at radius 1 is 1.29 bits per heavy atom. The number of carbonyl (C=O) groups is 1. The van der Waals surface area contributed by atoms with Gasteiger partial charge in [0.05, 0.1) is 5.92 Å². The van der Waals surface area contributed by atoms with Crippen LogP contribution in [-0.4, -0.2) is 12.5 Å². The van der Waals surface area contributed by atoms with E-state index in [9.17, 15) is 4.79 Å². The second-order valence-corrected chi connectivity index (χ2v) is 4.66. The van der Waals surface area contributed by atoms with Gasteiger partial charge in [0.1, 0.15) is 6.61 Å². The molecule has 0 radical (unpaired) electrons. The van der Waals surface area contributed by atoms with Gasteiger partial charge in [-0.2, -0.15) is 0 Å². The lowest BCUT2D eigenvalue weighted by molar-refractivity contribution is -0.150. The Hall–Kier alpha value is -1.35. The van der Waals surface area contributed by atoms with Crippen LogP contribution >= 0.6 is 0 Å². The highest BCUT2D eigenvalue weighted by molar-refractivity contribution is 5.72. The van der Waals surface area contributed by atoms with E-state index < -0.39 is 0 Å². The highest BCUT2D eigenvalue weighted by Crippen LogP contribution is 2.13. The van der Waals surface area contributed by atoms with Gasteiger partial charge in [-0.15, -0.1) is 0 Å². The predicted octanol–water partition coefficient (Wildman–Crippen LogP) is 2.35. The molecule has 0 saturated heterocycles. The second kappa shape index (κ2) is 7.07. The number of rotatable bonds is 6. The van der Waals surface area contributed by atoms with Gasteiger partial charge in [0, 0.05) is 6.54 Å². The normalized spacial score (nSPS) is 12.5. The zero-order valence-electron chi connectivity index (χ0n) is 10.6. The SMILES string of the molecule is CC(C)C[C@H](CN)C(=O)OCc1ccccc1. The third kappa shape index (κ3) is 5.00. The fraction of sp³-hybridized carbons (Fsp3) is 0.500. The monoisotopic (exact) mass is 235 g/mol. The van der Waals surface area contributed by atoms with Crippen molar-refractivity contribution in [1.82, 2.24) is 0 Å². The van der Waals surface area contributed by atoms with Crippen LogP contribution < -0.4 is 5.73 Å². The van der Waals surface area contributed by atoms with E-state index in [-0.39, 0.29) is 11.9 Å². The Bertz CT molecular complexity index is 335. The summed E-state index contributed by atoms with van der Waals surface area (Å²) in [5, 5.41) is 0. The minimum Gasteiger partial charge on any atom is -0.461 e. The minimum absolute atomic E-state index is 0.182. The average Bonchev–Trinajstić information content (AvgIpc) is 2.34. The molecule has 0 fully saturated rings. The standard InChI is InChI=1S/C14H21NO2/c1-11(2)8-13(9-15)14(16)17-10-12-6-4-3-5-7-12/h3-7,11,13H,8-10,15H2,1-2H3/t13-/m1/s1. The van der Waals surface area contributed by atoms with Crippen molar-refractivity contribution in [2.75, 3.05) is 6.54 Å². The largest absolute Gasteiger partial charge is 0.461 e. The number of benzene rings is 1. The smallest absolute Gasteiger partial charge is 0.310 e. The van der Waals surface area contributed by atoms with Crippen molar-refractivity contribution in [3.05, 3.63) is 35.9 Å². The molecule has 0 bridgehead atoms. The van der Waals surface area contributed by atoms with Gasteiger partial charge >= 0.3 is 5.97 Å². The van der Waals surface area contributed by atoms with Gasteiger partial charge in [-0.25, -0.2) is 0 Å². The minimum atomic E-state index is -0.190. The Kier molecular flexibility index (Phi) is 5.70. The highest BCUT2D eigenvalue weighted by Gasteiger charge is 2.19. The van der Waals surface area contributed by atoms with Crippen LogP contribution in [0.25, 0.3) is 0 Å². The molecule has 94 valence electrons. The number of ether oxygens (including phenoxy) is 1. The van der Waals surface area contributed by atoms with Crippen molar-refractivity contribution in [3.8, 4) is 0 Å². The molecule has 0 unspecified atom stereocenters. The molecule has 1 aromatic rings. The molecule has 1 aromatic carbocycles. The maximum absolute atomic E-state index is 11.8. The summed E-state index contributed by atoms with van der Waals surface area (Å²) in [6.45, 7) is 4.83. The lowest BCUT2D eigenvalue weighted by atomic mass is 9.97. The number of carbonyl (C=O) groups excluding carboxylic acids is 1. The van der Waals surface area contributed by atoms with Crippen molar-refractivity contribution >= 4 is 5.97 Å². The first-order chi connectivity index (χ1) is 8.13. The third-order valence-corrected chi connectivity index (χ3v) is 2.60. The predicted molar refractivity (Wildman–Crippen MR) is 68.2 cm³/mol. The van der Waals surface area contributed by atoms with Crippen LogP contribution in [0.1, 0.15) is 25.8 Å². The van der Waals surface area contributed by atoms with E-state index in [0.29, 0.717) is 19.1 Å². The highest BCUT2D eigenvalue weighted by atomic mass is 16.5. The Morgan fingerprint density at radius 3 is 2.47 bits per heavy atom. The summed E-state index contributed by atoms with van der Waals surface area (Å²) in [5.41, 5.74) is 6.59. The Labute approximate surface area is 103 Å². The molecule has 0 spiro atoms. The summed E-state index contributed by atoms with van der Waals surface area (Å²) in [7, 11) is 0. The van der Waals surface area contributed by atoms with Gasteiger partial charge in [0.25, 0.3) is 0 Å². The molecule has 0 aliphatic rings. The fourth-order valence-corrected chi connectivity index (χ4v) is 1.70. The van der Waals surface area contributed by atoms with Crippen molar-refractivity contribution in [3.63, 3.8) is 0 Å². The van der Waals surface area contributed by atoms with Crippen LogP contribution in [0.3, 0.4) is 0 Å². The lowest BCUT2D eigenvalue weighted by Crippen LogP contribution is -2.27. The second-order valence-electron chi connectivity index (χ2n) is 4.66. The first-order valence-electron chi connectivity index (χ1n) is 6.04. The molecule has 17 heavy (non-hydrogen) atoms. The Morgan fingerprint density at radius 2 is 1.94 bits per heavy atom. The maximum atomic E-state index is 11.8. The first-order valence-corrected chi connectivity index (χ1v) is 6.04. The van der Waals surface area contributed by atoms with Crippen LogP contribution in [0.4, 0.5) is 0 Å². The van der Waals surface area contributed by atoms with Gasteiger partial charge in [0.15, 0.2) is 0 Å². The molecule has 0 aromatic heterocycles. The first kappa shape index (κ1) is 13.7. The summed E-state index contributed by atoms with van der Waals surface area (Å²) in [5.74, 6) is 0.0802. The van der Waals surface area contributed by atoms with E-state index in [0.717, 1.165) is 12.0 Å². The summed E-state index contributed by atoms with van der Waals surface area (Å²) >= 11 is 0. The van der Waals surface area contributed by atoms with Crippen LogP contribution in [0.2, 0.25) is 0 Å². The number of nitrogens with two attached hydrogens (primary N) is 1. The summed E-state index contributed by atoms with van der Waals surface area (Å²) in [6, 6.07) is 9.67. The molecule has 0 amide bonds. The van der Waals surface area contributed by atoms with Gasteiger partial charge in [-0.3, -0.25) is 4.79 Å². The van der Waals surface area contributed by atoms with Crippen molar-refractivity contribution in [2.45, 2.75) is 26.9 Å². The summed E-state index contributed by atoms with van der Waals surface area (Å²) in [6.07, 6.45) is 0.782. The van der Waals surface area contributed by atoms with Crippen molar-refractivity contribution in [2.24, 2.45) is 17.6 Å². The number of esters is 1. The lowest BCUT2D eigenvalue weighted by Gasteiger charge is -2.15. The zero-order chi connectivity index (χ0) is 12.7. The molecule has 1 atom stereocenters. The molecule has 3 nitrogen and oxygen atoms in total. The van der Waals surface area contributed by atoms with Crippen LogP contribution in [-0.2, 0) is 16.1 Å². The molecule has 3 heteroatoms. The molecular formula is C14H21NO2. The van der Waals surface area contributed by atoms with E-state index in [2.05, 4.69) is 13.8 Å². The molecule has 0 aliphatic heterocycles. The number of hydrogen-bond acceptors (Lipinski definition) is 3. The molecule has 0 saturated carbocycles. The van der Waals surface area contributed by atoms with Gasteiger partial charge < -0.3 is 10.5 Å². The topological polar surface area (TPSA) is 52.3 Å². The molecule has 1 rings (SSSR count). The van der Waals surface area contributed by atoms with E-state index in [1.54, 1.807) is 0 Å². The quantitative estimate of drug-likeness (QED) is 0.770. The Balaban J connectivity index is 2.42. The maximum Gasteiger partial charge on any atom is 0.310 e. The summed E-state index contributed by atoms with van der Waals surface area (Å²) < 4.78 is 5.26.